The largest absolute Gasteiger partial charge is 0.497 e. The molecule has 0 aromatic heterocycles. The molecule has 1 atom stereocenters. The zero-order valence-electron chi connectivity index (χ0n) is 12.0. The molecular formula is C16H11BrFNO3S. The standard InChI is InChI=1S/C16H11BrFNO3S/c1-22-11-4-2-9-6-14(19(20)21)16(23-15(9)8-11)12-7-10(18)3-5-13(12)17/h2-8,16H,1H3/t16-/m0/s1. The third-order valence-corrected chi connectivity index (χ3v) is 5.55. The third kappa shape index (κ3) is 3.11. The molecule has 1 aliphatic heterocycles. The first kappa shape index (κ1) is 16.0. The lowest BCUT2D eigenvalue weighted by atomic mass is 10.1. The number of rotatable bonds is 3. The van der Waals surface area contributed by atoms with Crippen molar-refractivity contribution in [3.8, 4) is 5.75 Å². The van der Waals surface area contributed by atoms with Gasteiger partial charge in [-0.1, -0.05) is 15.9 Å². The monoisotopic (exact) mass is 395 g/mol. The summed E-state index contributed by atoms with van der Waals surface area (Å²) >= 11 is 4.67. The third-order valence-electron chi connectivity index (χ3n) is 3.49. The van der Waals surface area contributed by atoms with Crippen LogP contribution in [0.2, 0.25) is 0 Å². The fraction of sp³-hybridized carbons (Fsp3) is 0.125. The van der Waals surface area contributed by atoms with Crippen LogP contribution in [0, 0.1) is 15.9 Å². The van der Waals surface area contributed by atoms with E-state index in [1.54, 1.807) is 25.3 Å². The Kier molecular flexibility index (Phi) is 4.41. The number of ether oxygens (including phenoxy) is 1. The van der Waals surface area contributed by atoms with Crippen LogP contribution in [-0.2, 0) is 0 Å². The van der Waals surface area contributed by atoms with Crippen molar-refractivity contribution >= 4 is 33.8 Å². The number of methoxy groups -OCH3 is 1. The van der Waals surface area contributed by atoms with Crippen LogP contribution in [0.25, 0.3) is 6.08 Å². The summed E-state index contributed by atoms with van der Waals surface area (Å²) in [5, 5.41) is 10.9. The van der Waals surface area contributed by atoms with Crippen molar-refractivity contribution in [1.82, 2.24) is 0 Å². The molecule has 7 heteroatoms. The summed E-state index contributed by atoms with van der Waals surface area (Å²) in [6.45, 7) is 0. The van der Waals surface area contributed by atoms with Crippen LogP contribution in [-0.4, -0.2) is 12.0 Å². The number of halogens is 2. The van der Waals surface area contributed by atoms with Crippen molar-refractivity contribution in [3.05, 3.63) is 73.6 Å². The molecule has 0 aliphatic carbocycles. The van der Waals surface area contributed by atoms with Gasteiger partial charge in [0.1, 0.15) is 16.8 Å². The first-order valence-electron chi connectivity index (χ1n) is 6.65. The molecule has 0 amide bonds. The normalized spacial score (nSPS) is 16.5. The summed E-state index contributed by atoms with van der Waals surface area (Å²) in [7, 11) is 1.56. The Morgan fingerprint density at radius 2 is 2.09 bits per heavy atom. The Morgan fingerprint density at radius 3 is 2.78 bits per heavy atom. The second-order valence-electron chi connectivity index (χ2n) is 4.89. The number of nitrogens with zero attached hydrogens (tertiary/aromatic N) is 1. The zero-order valence-corrected chi connectivity index (χ0v) is 14.4. The molecule has 1 heterocycles. The van der Waals surface area contributed by atoms with Gasteiger partial charge in [0.15, 0.2) is 0 Å². The molecule has 0 N–H and O–H groups in total. The van der Waals surface area contributed by atoms with Crippen LogP contribution in [0.3, 0.4) is 0 Å². The maximum atomic E-state index is 13.6. The molecule has 0 bridgehead atoms. The summed E-state index contributed by atoms with van der Waals surface area (Å²) < 4.78 is 19.4. The van der Waals surface area contributed by atoms with Gasteiger partial charge in [-0.05, 0) is 47.5 Å². The molecule has 0 fully saturated rings. The summed E-state index contributed by atoms with van der Waals surface area (Å²) in [5.74, 6) is 0.245. The highest BCUT2D eigenvalue weighted by molar-refractivity contribution is 9.10. The highest BCUT2D eigenvalue weighted by Gasteiger charge is 2.33. The lowest BCUT2D eigenvalue weighted by molar-refractivity contribution is -0.425. The fourth-order valence-electron chi connectivity index (χ4n) is 2.37. The average Bonchev–Trinajstić information content (AvgIpc) is 2.55. The van der Waals surface area contributed by atoms with Crippen molar-refractivity contribution in [2.24, 2.45) is 0 Å². The molecule has 0 saturated heterocycles. The quantitative estimate of drug-likeness (QED) is 0.538. The minimum absolute atomic E-state index is 0.0268. The van der Waals surface area contributed by atoms with Crippen molar-refractivity contribution in [1.29, 1.82) is 0 Å². The van der Waals surface area contributed by atoms with E-state index in [1.807, 2.05) is 6.07 Å². The summed E-state index contributed by atoms with van der Waals surface area (Å²) in [6, 6.07) is 9.56. The van der Waals surface area contributed by atoms with E-state index in [2.05, 4.69) is 15.9 Å². The van der Waals surface area contributed by atoms with E-state index in [0.717, 1.165) is 10.5 Å². The zero-order chi connectivity index (χ0) is 16.6. The number of benzene rings is 2. The minimum Gasteiger partial charge on any atom is -0.497 e. The molecule has 2 aromatic carbocycles. The predicted octanol–water partition coefficient (Wildman–Crippen LogP) is 5.06. The summed E-state index contributed by atoms with van der Waals surface area (Å²) in [4.78, 5) is 11.9. The van der Waals surface area contributed by atoms with Crippen molar-refractivity contribution < 1.29 is 14.1 Å². The Bertz CT molecular complexity index is 825. The minimum atomic E-state index is -0.602. The van der Waals surface area contributed by atoms with Gasteiger partial charge in [0, 0.05) is 15.4 Å². The molecule has 0 unspecified atom stereocenters. The van der Waals surface area contributed by atoms with Gasteiger partial charge in [0.2, 0.25) is 0 Å². The maximum absolute atomic E-state index is 13.6. The van der Waals surface area contributed by atoms with Crippen LogP contribution in [0.5, 0.6) is 5.75 Å². The second-order valence-corrected chi connectivity index (χ2v) is 6.90. The molecule has 2 aromatic rings. The highest BCUT2D eigenvalue weighted by atomic mass is 79.9. The number of nitro groups is 1. The van der Waals surface area contributed by atoms with Gasteiger partial charge < -0.3 is 4.74 Å². The Morgan fingerprint density at radius 1 is 1.30 bits per heavy atom. The van der Waals surface area contributed by atoms with Gasteiger partial charge in [-0.25, -0.2) is 4.39 Å². The van der Waals surface area contributed by atoms with E-state index in [4.69, 9.17) is 4.74 Å². The number of hydrogen-bond donors (Lipinski definition) is 0. The summed E-state index contributed by atoms with van der Waals surface area (Å²) in [6.07, 6.45) is 1.54. The lowest BCUT2D eigenvalue weighted by Crippen LogP contribution is -2.12. The van der Waals surface area contributed by atoms with Crippen LogP contribution in [0.15, 0.2) is 51.5 Å². The SMILES string of the molecule is COc1ccc2c(c1)S[C@@H](c1cc(F)ccc1Br)C([N+](=O)[O-])=C2. The molecular weight excluding hydrogens is 385 g/mol. The van der Waals surface area contributed by atoms with E-state index in [-0.39, 0.29) is 5.70 Å². The molecule has 23 heavy (non-hydrogen) atoms. The molecule has 0 saturated carbocycles. The van der Waals surface area contributed by atoms with E-state index in [9.17, 15) is 14.5 Å². The highest BCUT2D eigenvalue weighted by Crippen LogP contribution is 2.49. The molecule has 1 aliphatic rings. The van der Waals surface area contributed by atoms with Crippen LogP contribution in [0.4, 0.5) is 4.39 Å². The van der Waals surface area contributed by atoms with Gasteiger partial charge in [-0.2, -0.15) is 0 Å². The molecule has 118 valence electrons. The number of thioether (sulfide) groups is 1. The van der Waals surface area contributed by atoms with Gasteiger partial charge in [-0.3, -0.25) is 10.1 Å². The first-order chi connectivity index (χ1) is 11.0. The van der Waals surface area contributed by atoms with E-state index < -0.39 is 16.0 Å². The topological polar surface area (TPSA) is 52.4 Å². The average molecular weight is 396 g/mol. The van der Waals surface area contributed by atoms with E-state index in [0.29, 0.717) is 15.8 Å². The van der Waals surface area contributed by atoms with Gasteiger partial charge in [0.25, 0.3) is 5.70 Å². The maximum Gasteiger partial charge on any atom is 0.264 e. The van der Waals surface area contributed by atoms with E-state index >= 15 is 0 Å². The number of fused-ring (bicyclic) bond motifs is 1. The first-order valence-corrected chi connectivity index (χ1v) is 8.32. The van der Waals surface area contributed by atoms with Gasteiger partial charge >= 0.3 is 0 Å². The van der Waals surface area contributed by atoms with Crippen molar-refractivity contribution in [3.63, 3.8) is 0 Å². The molecule has 4 nitrogen and oxygen atoms in total. The second kappa shape index (κ2) is 6.33. The fourth-order valence-corrected chi connectivity index (χ4v) is 4.30. The predicted molar refractivity (Wildman–Crippen MR) is 90.7 cm³/mol. The molecule has 0 radical (unpaired) electrons. The van der Waals surface area contributed by atoms with Crippen molar-refractivity contribution in [2.45, 2.75) is 10.1 Å². The lowest BCUT2D eigenvalue weighted by Gasteiger charge is -2.22. The van der Waals surface area contributed by atoms with Crippen LogP contribution < -0.4 is 4.74 Å². The van der Waals surface area contributed by atoms with Crippen LogP contribution >= 0.6 is 27.7 Å². The van der Waals surface area contributed by atoms with Crippen molar-refractivity contribution in [2.75, 3.05) is 7.11 Å². The smallest absolute Gasteiger partial charge is 0.264 e. The van der Waals surface area contributed by atoms with Gasteiger partial charge in [-0.15, -0.1) is 11.8 Å². The summed E-state index contributed by atoms with van der Waals surface area (Å²) in [5.41, 5.74) is 1.32. The van der Waals surface area contributed by atoms with Gasteiger partial charge in [0.05, 0.1) is 12.0 Å². The Hall–Kier alpha value is -1.86. The molecule has 0 spiro atoms. The van der Waals surface area contributed by atoms with Crippen LogP contribution in [0.1, 0.15) is 16.4 Å². The Balaban J connectivity index is 2.13. The molecule has 3 rings (SSSR count). The Labute approximate surface area is 144 Å². The number of hydrogen-bond acceptors (Lipinski definition) is 4. The van der Waals surface area contributed by atoms with E-state index in [1.165, 1.54) is 30.0 Å².